The zero-order chi connectivity index (χ0) is 19.7. The van der Waals surface area contributed by atoms with Crippen LogP contribution in [-0.4, -0.2) is 66.9 Å². The number of aliphatic hydroxyl groups is 3. The third-order valence-corrected chi connectivity index (χ3v) is 4.70. The number of aliphatic hydroxyl groups excluding tert-OH is 3. The van der Waals surface area contributed by atoms with Crippen molar-refractivity contribution in [3.63, 3.8) is 0 Å². The Labute approximate surface area is 160 Å². The molecule has 0 bridgehead atoms. The number of ether oxygens (including phenoxy) is 2. The second-order valence-corrected chi connectivity index (χ2v) is 6.43. The summed E-state index contributed by atoms with van der Waals surface area (Å²) in [7, 11) is 1.43. The monoisotopic (exact) mass is 387 g/mol. The van der Waals surface area contributed by atoms with Crippen LogP contribution in [0.3, 0.4) is 0 Å². The van der Waals surface area contributed by atoms with Crippen molar-refractivity contribution in [1.29, 1.82) is 0 Å². The number of hydrogen-bond acceptors (Lipinski definition) is 9. The molecule has 148 valence electrons. The number of imidazole rings is 1. The van der Waals surface area contributed by atoms with Crippen molar-refractivity contribution < 1.29 is 24.8 Å². The third-order valence-electron chi connectivity index (χ3n) is 4.70. The number of rotatable bonds is 6. The first kappa shape index (κ1) is 18.6. The predicted molar refractivity (Wildman–Crippen MR) is 98.7 cm³/mol. The molecule has 2 aromatic heterocycles. The van der Waals surface area contributed by atoms with Crippen LogP contribution >= 0.6 is 0 Å². The predicted octanol–water partition coefficient (Wildman–Crippen LogP) is 0.0585. The summed E-state index contributed by atoms with van der Waals surface area (Å²) in [5.74, 6) is 0.498. The van der Waals surface area contributed by atoms with Gasteiger partial charge >= 0.3 is 6.01 Å². The second kappa shape index (κ2) is 7.68. The fourth-order valence-electron chi connectivity index (χ4n) is 3.27. The van der Waals surface area contributed by atoms with Crippen LogP contribution in [0.5, 0.6) is 6.01 Å². The van der Waals surface area contributed by atoms with Crippen LogP contribution in [0.2, 0.25) is 0 Å². The highest BCUT2D eigenvalue weighted by Gasteiger charge is 2.45. The van der Waals surface area contributed by atoms with E-state index in [4.69, 9.17) is 9.47 Å². The second-order valence-electron chi connectivity index (χ2n) is 6.43. The lowest BCUT2D eigenvalue weighted by Crippen LogP contribution is -2.33. The molecule has 10 nitrogen and oxygen atoms in total. The molecule has 0 saturated carbocycles. The third kappa shape index (κ3) is 3.16. The lowest BCUT2D eigenvalue weighted by Gasteiger charge is -2.18. The maximum atomic E-state index is 10.4. The van der Waals surface area contributed by atoms with Gasteiger partial charge in [0.2, 0.25) is 0 Å². The van der Waals surface area contributed by atoms with Gasteiger partial charge in [0, 0.05) is 6.54 Å². The van der Waals surface area contributed by atoms with E-state index < -0.39 is 31.1 Å². The van der Waals surface area contributed by atoms with Gasteiger partial charge in [-0.2, -0.15) is 4.98 Å². The van der Waals surface area contributed by atoms with E-state index in [-0.39, 0.29) is 6.01 Å². The Morgan fingerprint density at radius 2 is 1.96 bits per heavy atom. The highest BCUT2D eigenvalue weighted by molar-refractivity contribution is 5.84. The van der Waals surface area contributed by atoms with E-state index in [9.17, 15) is 15.3 Å². The summed E-state index contributed by atoms with van der Waals surface area (Å²) in [6.45, 7) is 0.110. The normalized spacial score (nSPS) is 24.6. The Morgan fingerprint density at radius 1 is 1.18 bits per heavy atom. The maximum Gasteiger partial charge on any atom is 0.300 e. The van der Waals surface area contributed by atoms with Crippen LogP contribution in [0.15, 0.2) is 36.7 Å². The molecular formula is C18H21N5O5. The molecule has 1 aromatic carbocycles. The Bertz CT molecular complexity index is 950. The van der Waals surface area contributed by atoms with Crippen molar-refractivity contribution >= 4 is 17.0 Å². The number of fused-ring (bicyclic) bond motifs is 1. The Morgan fingerprint density at radius 3 is 2.64 bits per heavy atom. The number of methoxy groups -OCH3 is 1. The fourth-order valence-corrected chi connectivity index (χ4v) is 3.27. The smallest absolute Gasteiger partial charge is 0.300 e. The molecule has 1 aliphatic heterocycles. The SMILES string of the molecule is COc1nc2c(NCc3ccccc3)ncnc2n1[C@@H]1O[C@H](CO)[C@@H](O)[C@H]1O. The van der Waals surface area contributed by atoms with E-state index in [0.717, 1.165) is 5.56 Å². The first-order chi connectivity index (χ1) is 13.6. The molecule has 10 heteroatoms. The van der Waals surface area contributed by atoms with Gasteiger partial charge in [-0.05, 0) is 5.56 Å². The van der Waals surface area contributed by atoms with Gasteiger partial charge in [-0.3, -0.25) is 0 Å². The fraction of sp³-hybridized carbons (Fsp3) is 0.389. The summed E-state index contributed by atoms with van der Waals surface area (Å²) >= 11 is 0. The molecule has 3 aromatic rings. The molecule has 0 unspecified atom stereocenters. The molecule has 0 spiro atoms. The van der Waals surface area contributed by atoms with Crippen LogP contribution in [-0.2, 0) is 11.3 Å². The van der Waals surface area contributed by atoms with E-state index in [1.165, 1.54) is 18.0 Å². The van der Waals surface area contributed by atoms with Crippen LogP contribution in [0, 0.1) is 0 Å². The molecule has 1 aliphatic rings. The van der Waals surface area contributed by atoms with E-state index in [0.29, 0.717) is 23.5 Å². The first-order valence-electron chi connectivity index (χ1n) is 8.81. The van der Waals surface area contributed by atoms with Crippen molar-refractivity contribution in [2.75, 3.05) is 19.0 Å². The standard InChI is InChI=1S/C18H21N5O5/c1-27-18-22-12-15(19-7-10-5-3-2-4-6-10)20-9-21-16(12)23(18)17-14(26)13(25)11(8-24)28-17/h2-6,9,11,13-14,17,24-26H,7-8H2,1H3,(H,19,20,21)/t11-,13-,14-,17-/m1/s1. The number of nitrogens with one attached hydrogen (secondary N) is 1. The molecule has 0 amide bonds. The van der Waals surface area contributed by atoms with E-state index in [1.54, 1.807) is 0 Å². The average Bonchev–Trinajstić information content (AvgIpc) is 3.24. The van der Waals surface area contributed by atoms with Crippen LogP contribution in [0.25, 0.3) is 11.2 Å². The van der Waals surface area contributed by atoms with Crippen molar-refractivity contribution in [3.05, 3.63) is 42.2 Å². The number of nitrogens with zero attached hydrogens (tertiary/aromatic N) is 4. The van der Waals surface area contributed by atoms with Gasteiger partial charge in [0.25, 0.3) is 0 Å². The topological polar surface area (TPSA) is 135 Å². The summed E-state index contributed by atoms with van der Waals surface area (Å²) in [5.41, 5.74) is 1.88. The van der Waals surface area contributed by atoms with Gasteiger partial charge in [-0.25, -0.2) is 14.5 Å². The van der Waals surface area contributed by atoms with E-state index >= 15 is 0 Å². The average molecular weight is 387 g/mol. The molecule has 4 N–H and O–H groups in total. The quantitative estimate of drug-likeness (QED) is 0.463. The lowest BCUT2D eigenvalue weighted by molar-refractivity contribution is -0.0537. The Balaban J connectivity index is 1.70. The molecule has 4 atom stereocenters. The summed E-state index contributed by atoms with van der Waals surface area (Å²) in [6, 6.07) is 9.97. The van der Waals surface area contributed by atoms with Crippen LogP contribution < -0.4 is 10.1 Å². The van der Waals surface area contributed by atoms with Gasteiger partial charge in [0.1, 0.15) is 24.6 Å². The van der Waals surface area contributed by atoms with E-state index in [1.807, 2.05) is 30.3 Å². The summed E-state index contributed by atoms with van der Waals surface area (Å²) < 4.78 is 12.4. The minimum absolute atomic E-state index is 0.146. The van der Waals surface area contributed by atoms with Crippen molar-refractivity contribution in [3.8, 4) is 6.01 Å². The number of anilines is 1. The maximum absolute atomic E-state index is 10.4. The first-order valence-corrected chi connectivity index (χ1v) is 8.81. The van der Waals surface area contributed by atoms with Gasteiger partial charge in [0.05, 0.1) is 13.7 Å². The summed E-state index contributed by atoms with van der Waals surface area (Å²) in [6.07, 6.45) is -3.08. The molecule has 0 radical (unpaired) electrons. The molecule has 28 heavy (non-hydrogen) atoms. The van der Waals surface area contributed by atoms with Gasteiger partial charge in [0.15, 0.2) is 23.2 Å². The van der Waals surface area contributed by atoms with Gasteiger partial charge in [-0.1, -0.05) is 30.3 Å². The zero-order valence-corrected chi connectivity index (χ0v) is 15.1. The minimum atomic E-state index is -1.28. The van der Waals surface area contributed by atoms with Crippen molar-refractivity contribution in [2.45, 2.75) is 31.1 Å². The van der Waals surface area contributed by atoms with Crippen molar-refractivity contribution in [2.24, 2.45) is 0 Å². The molecule has 1 saturated heterocycles. The molecule has 1 fully saturated rings. The highest BCUT2D eigenvalue weighted by Crippen LogP contribution is 2.36. The molecular weight excluding hydrogens is 366 g/mol. The Kier molecular flexibility index (Phi) is 5.09. The van der Waals surface area contributed by atoms with E-state index in [2.05, 4.69) is 20.3 Å². The zero-order valence-electron chi connectivity index (χ0n) is 15.1. The minimum Gasteiger partial charge on any atom is -0.468 e. The molecule has 4 rings (SSSR count). The molecule has 3 heterocycles. The van der Waals surface area contributed by atoms with Crippen LogP contribution in [0.1, 0.15) is 11.8 Å². The van der Waals surface area contributed by atoms with Crippen LogP contribution in [0.4, 0.5) is 5.82 Å². The summed E-state index contributed by atoms with van der Waals surface area (Å²) in [5, 5.41) is 33.0. The van der Waals surface area contributed by atoms with Gasteiger partial charge in [-0.15, -0.1) is 0 Å². The number of benzene rings is 1. The number of hydrogen-bond donors (Lipinski definition) is 4. The summed E-state index contributed by atoms with van der Waals surface area (Å²) in [4.78, 5) is 12.9. The van der Waals surface area contributed by atoms with Crippen molar-refractivity contribution in [1.82, 2.24) is 19.5 Å². The highest BCUT2D eigenvalue weighted by atomic mass is 16.6. The molecule has 0 aliphatic carbocycles. The Hall–Kier alpha value is -2.79. The lowest BCUT2D eigenvalue weighted by atomic mass is 10.1. The number of aromatic nitrogens is 4. The van der Waals surface area contributed by atoms with Gasteiger partial charge < -0.3 is 30.1 Å². The largest absolute Gasteiger partial charge is 0.468 e.